The Labute approximate surface area is 130 Å². The third-order valence-electron chi connectivity index (χ3n) is 4.03. The molecule has 1 fully saturated rings. The van der Waals surface area contributed by atoms with Gasteiger partial charge in [-0.15, -0.1) is 11.3 Å². The molecule has 0 saturated carbocycles. The van der Waals surface area contributed by atoms with Crippen LogP contribution in [0.4, 0.5) is 13.2 Å². The highest BCUT2D eigenvalue weighted by Crippen LogP contribution is 2.44. The van der Waals surface area contributed by atoms with Crippen LogP contribution in [0.2, 0.25) is 0 Å². The fraction of sp³-hybridized carbons (Fsp3) is 0.571. The molecule has 0 aromatic carbocycles. The van der Waals surface area contributed by atoms with Gasteiger partial charge in [-0.2, -0.15) is 13.2 Å². The summed E-state index contributed by atoms with van der Waals surface area (Å²) in [5.41, 5.74) is -1.30. The van der Waals surface area contributed by atoms with E-state index in [1.807, 2.05) is 0 Å². The number of rotatable bonds is 3. The third-order valence-corrected chi connectivity index (χ3v) is 4.90. The Balaban J connectivity index is 1.97. The molecule has 0 aliphatic carbocycles. The molecule has 1 aliphatic rings. The van der Waals surface area contributed by atoms with E-state index in [1.54, 1.807) is 17.5 Å². The molecule has 2 heterocycles. The molecule has 1 aliphatic heterocycles. The quantitative estimate of drug-likeness (QED) is 0.924. The third kappa shape index (κ3) is 3.26. The monoisotopic (exact) mass is 334 g/mol. The van der Waals surface area contributed by atoms with Crippen molar-refractivity contribution in [2.24, 2.45) is 5.92 Å². The number of halogens is 3. The van der Waals surface area contributed by atoms with Gasteiger partial charge in [0, 0.05) is 12.1 Å². The SMILES string of the molecule is CC1(C)[C@H](C(F)(F)F)CCN1C(=O)CNC(=O)c1cccs1. The van der Waals surface area contributed by atoms with Crippen LogP contribution in [0.1, 0.15) is 29.9 Å². The summed E-state index contributed by atoms with van der Waals surface area (Å²) in [7, 11) is 0. The molecular formula is C14H17F3N2O2S. The van der Waals surface area contributed by atoms with Crippen LogP contribution < -0.4 is 5.32 Å². The predicted molar refractivity (Wildman–Crippen MR) is 76.6 cm³/mol. The van der Waals surface area contributed by atoms with E-state index in [1.165, 1.54) is 30.1 Å². The topological polar surface area (TPSA) is 49.4 Å². The van der Waals surface area contributed by atoms with Gasteiger partial charge < -0.3 is 10.2 Å². The molecule has 4 nitrogen and oxygen atoms in total. The molecule has 122 valence electrons. The minimum Gasteiger partial charge on any atom is -0.342 e. The molecule has 1 aromatic heterocycles. The highest BCUT2D eigenvalue weighted by Gasteiger charge is 2.56. The molecule has 1 N–H and O–H groups in total. The van der Waals surface area contributed by atoms with Crippen LogP contribution in [-0.2, 0) is 4.79 Å². The van der Waals surface area contributed by atoms with Crippen molar-refractivity contribution < 1.29 is 22.8 Å². The molecule has 8 heteroatoms. The van der Waals surface area contributed by atoms with Crippen LogP contribution in [0.3, 0.4) is 0 Å². The van der Waals surface area contributed by atoms with Gasteiger partial charge in [-0.25, -0.2) is 0 Å². The number of likely N-dealkylation sites (tertiary alicyclic amines) is 1. The summed E-state index contributed by atoms with van der Waals surface area (Å²) < 4.78 is 39.0. The first-order chi connectivity index (χ1) is 10.1. The molecule has 1 atom stereocenters. The van der Waals surface area contributed by atoms with Crippen molar-refractivity contribution in [2.75, 3.05) is 13.1 Å². The first-order valence-electron chi connectivity index (χ1n) is 6.83. The summed E-state index contributed by atoms with van der Waals surface area (Å²) >= 11 is 1.23. The van der Waals surface area contributed by atoms with Crippen LogP contribution in [-0.4, -0.2) is 41.5 Å². The van der Waals surface area contributed by atoms with Gasteiger partial charge in [-0.1, -0.05) is 6.07 Å². The average molecular weight is 334 g/mol. The largest absolute Gasteiger partial charge is 0.394 e. The number of hydrogen-bond donors (Lipinski definition) is 1. The van der Waals surface area contributed by atoms with Gasteiger partial charge in [0.25, 0.3) is 5.91 Å². The van der Waals surface area contributed by atoms with Crippen LogP contribution in [0.5, 0.6) is 0 Å². The van der Waals surface area contributed by atoms with Crippen molar-refractivity contribution >= 4 is 23.2 Å². The Morgan fingerprint density at radius 3 is 2.64 bits per heavy atom. The molecule has 0 spiro atoms. The number of thiophene rings is 1. The van der Waals surface area contributed by atoms with E-state index in [2.05, 4.69) is 5.32 Å². The van der Waals surface area contributed by atoms with E-state index in [-0.39, 0.29) is 19.5 Å². The van der Waals surface area contributed by atoms with E-state index >= 15 is 0 Å². The smallest absolute Gasteiger partial charge is 0.342 e. The second-order valence-electron chi connectivity index (χ2n) is 5.74. The Morgan fingerprint density at radius 2 is 2.14 bits per heavy atom. The van der Waals surface area contributed by atoms with Crippen molar-refractivity contribution in [1.29, 1.82) is 0 Å². The van der Waals surface area contributed by atoms with Crippen molar-refractivity contribution in [3.8, 4) is 0 Å². The molecule has 0 bridgehead atoms. The zero-order valence-electron chi connectivity index (χ0n) is 12.2. The first-order valence-corrected chi connectivity index (χ1v) is 7.71. The number of amides is 2. The van der Waals surface area contributed by atoms with E-state index in [4.69, 9.17) is 0 Å². The maximum atomic E-state index is 13.0. The number of carbonyl (C=O) groups excluding carboxylic acids is 2. The van der Waals surface area contributed by atoms with Gasteiger partial charge in [0.1, 0.15) is 0 Å². The first kappa shape index (κ1) is 16.8. The highest BCUT2D eigenvalue weighted by molar-refractivity contribution is 7.12. The second-order valence-corrected chi connectivity index (χ2v) is 6.69. The maximum Gasteiger partial charge on any atom is 0.394 e. The van der Waals surface area contributed by atoms with Crippen LogP contribution in [0.15, 0.2) is 17.5 Å². The van der Waals surface area contributed by atoms with Gasteiger partial charge in [0.15, 0.2) is 0 Å². The summed E-state index contributed by atoms with van der Waals surface area (Å²) in [5.74, 6) is -2.44. The van der Waals surface area contributed by atoms with E-state index in [0.29, 0.717) is 4.88 Å². The molecule has 1 saturated heterocycles. The van der Waals surface area contributed by atoms with Gasteiger partial charge in [0.05, 0.1) is 17.3 Å². The second kappa shape index (κ2) is 5.91. The molecule has 1 aromatic rings. The summed E-state index contributed by atoms with van der Waals surface area (Å²) in [5, 5.41) is 4.18. The zero-order chi connectivity index (χ0) is 16.5. The van der Waals surface area contributed by atoms with E-state index < -0.39 is 29.4 Å². The van der Waals surface area contributed by atoms with E-state index in [0.717, 1.165) is 0 Å². The lowest BCUT2D eigenvalue weighted by atomic mass is 9.88. The Morgan fingerprint density at radius 1 is 1.45 bits per heavy atom. The highest BCUT2D eigenvalue weighted by atomic mass is 32.1. The lowest BCUT2D eigenvalue weighted by molar-refractivity contribution is -0.192. The lowest BCUT2D eigenvalue weighted by Crippen LogP contribution is -2.52. The maximum absolute atomic E-state index is 13.0. The van der Waals surface area contributed by atoms with Crippen LogP contribution in [0.25, 0.3) is 0 Å². The molecule has 0 radical (unpaired) electrons. The zero-order valence-corrected chi connectivity index (χ0v) is 13.1. The number of nitrogens with one attached hydrogen (secondary N) is 1. The molecule has 0 unspecified atom stereocenters. The average Bonchev–Trinajstić information content (AvgIpc) is 3.01. The summed E-state index contributed by atoms with van der Waals surface area (Å²) in [6.07, 6.45) is -4.44. The number of nitrogens with zero attached hydrogens (tertiary/aromatic N) is 1. The van der Waals surface area contributed by atoms with Crippen molar-refractivity contribution in [3.05, 3.63) is 22.4 Å². The minimum atomic E-state index is -4.33. The van der Waals surface area contributed by atoms with Gasteiger partial charge in [-0.05, 0) is 31.7 Å². The molecule has 2 amide bonds. The standard InChI is InChI=1S/C14H17F3N2O2S/c1-13(2)10(14(15,16)17)5-6-19(13)11(20)8-18-12(21)9-4-3-7-22-9/h3-4,7,10H,5-6,8H2,1-2H3,(H,18,21)/t10-/m1/s1. The Kier molecular flexibility index (Phi) is 4.51. The Bertz CT molecular complexity index is 555. The van der Waals surface area contributed by atoms with Gasteiger partial charge in [-0.3, -0.25) is 9.59 Å². The van der Waals surface area contributed by atoms with Crippen molar-refractivity contribution in [1.82, 2.24) is 10.2 Å². The molecular weight excluding hydrogens is 317 g/mol. The number of carbonyl (C=O) groups is 2. The van der Waals surface area contributed by atoms with Crippen LogP contribution >= 0.6 is 11.3 Å². The predicted octanol–water partition coefficient (Wildman–Crippen LogP) is 2.67. The number of alkyl halides is 3. The van der Waals surface area contributed by atoms with Crippen molar-refractivity contribution in [2.45, 2.75) is 32.0 Å². The van der Waals surface area contributed by atoms with E-state index in [9.17, 15) is 22.8 Å². The summed E-state index contributed by atoms with van der Waals surface area (Å²) in [4.78, 5) is 25.6. The fourth-order valence-electron chi connectivity index (χ4n) is 2.84. The van der Waals surface area contributed by atoms with Crippen LogP contribution in [0, 0.1) is 5.92 Å². The molecule has 2 rings (SSSR count). The fourth-order valence-corrected chi connectivity index (χ4v) is 3.48. The van der Waals surface area contributed by atoms with Crippen molar-refractivity contribution in [3.63, 3.8) is 0 Å². The summed E-state index contributed by atoms with van der Waals surface area (Å²) in [6, 6.07) is 3.32. The molecule has 22 heavy (non-hydrogen) atoms. The Hall–Kier alpha value is -1.57. The summed E-state index contributed by atoms with van der Waals surface area (Å²) in [6.45, 7) is 2.57. The lowest BCUT2D eigenvalue weighted by Gasteiger charge is -2.36. The van der Waals surface area contributed by atoms with Gasteiger partial charge in [0.2, 0.25) is 5.91 Å². The van der Waals surface area contributed by atoms with Gasteiger partial charge >= 0.3 is 6.18 Å². The number of hydrogen-bond acceptors (Lipinski definition) is 3. The minimum absolute atomic E-state index is 0.0465. The normalized spacial score (nSPS) is 21.0.